The second kappa shape index (κ2) is 31.9. The Bertz CT molecular complexity index is 1990. The molecule has 21 fully saturated rings. The molecule has 36 nitrogen and oxygen atoms in total. The summed E-state index contributed by atoms with van der Waals surface area (Å²) < 4.78 is 81.5. The van der Waals surface area contributed by atoms with E-state index in [2.05, 4.69) is 5.32 Å². The standard InChI is InChI=1S/C50H88N2O34/c51-7-5-3-1-2-4-6-8-52-9-16-37-23(59)30(66)44(73-16)81-38-17(10-53)75-46(32(68)25(38)61)83-40-19(12-55)77-48(34(70)27(40)63)85-42-21(14-57)79-50(36(72)29(42)65)86-43-22(15-58)78-49(35(71)28(43)64)84-41-20(13-56)76-47(33(69)26(41)62)82-39-18(11-54)74-45(80-37)31(67)24(39)60/h16-50,52-72H,1-15,51H2/t16-,17-,18-,19-,20-,21-,22-,23-,24-,25-,26-,27-,28-,29-,30-,31-,32-,33-,34-,35-,36-,37-,38-,39-,40-,41-,42-,43-,44-,45-,46-,47-,48-,49-,50-/m1/s1. The predicted molar refractivity (Wildman–Crippen MR) is 271 cm³/mol. The third-order valence-corrected chi connectivity index (χ3v) is 16.8. The molecule has 14 bridgehead atoms. The number of nitrogens with two attached hydrogens (primary N) is 1. The zero-order chi connectivity index (χ0) is 62.4. The van der Waals surface area contributed by atoms with Crippen molar-refractivity contribution in [1.82, 2.24) is 5.32 Å². The van der Waals surface area contributed by atoms with Gasteiger partial charge in [0.05, 0.1) is 39.6 Å². The van der Waals surface area contributed by atoms with Crippen LogP contribution >= 0.6 is 0 Å². The van der Waals surface area contributed by atoms with Crippen LogP contribution in [0.5, 0.6) is 0 Å². The Hall–Kier alpha value is -1.44. The van der Waals surface area contributed by atoms with E-state index in [-0.39, 0.29) is 6.54 Å². The zero-order valence-corrected chi connectivity index (χ0v) is 46.6. The minimum absolute atomic E-state index is 0.192. The number of hydrogen-bond acceptors (Lipinski definition) is 36. The highest BCUT2D eigenvalue weighted by atomic mass is 16.8. The number of hydrogen-bond donors (Lipinski definition) is 22. The van der Waals surface area contributed by atoms with Crippen LogP contribution in [0, 0.1) is 0 Å². The lowest BCUT2D eigenvalue weighted by Gasteiger charge is -2.50. The van der Waals surface area contributed by atoms with Gasteiger partial charge in [0.25, 0.3) is 0 Å². The molecular formula is C50H88N2O34. The van der Waals surface area contributed by atoms with Gasteiger partial charge in [-0.2, -0.15) is 0 Å². The van der Waals surface area contributed by atoms with Gasteiger partial charge in [-0.3, -0.25) is 0 Å². The van der Waals surface area contributed by atoms with Crippen LogP contribution in [-0.4, -0.2) is 376 Å². The van der Waals surface area contributed by atoms with E-state index >= 15 is 0 Å². The van der Waals surface area contributed by atoms with Gasteiger partial charge >= 0.3 is 0 Å². The molecule has 21 saturated heterocycles. The Morgan fingerprint density at radius 1 is 0.233 bits per heavy atom. The van der Waals surface area contributed by atoms with Crippen LogP contribution in [0.1, 0.15) is 38.5 Å². The number of rotatable bonds is 16. The summed E-state index contributed by atoms with van der Waals surface area (Å²) >= 11 is 0. The highest BCUT2D eigenvalue weighted by molar-refractivity contribution is 5.02. The summed E-state index contributed by atoms with van der Waals surface area (Å²) in [7, 11) is 0. The fraction of sp³-hybridized carbons (Fsp3) is 1.00. The normalized spacial score (nSPS) is 50.8. The van der Waals surface area contributed by atoms with Crippen molar-refractivity contribution in [2.75, 3.05) is 59.3 Å². The van der Waals surface area contributed by atoms with Gasteiger partial charge in [-0.25, -0.2) is 0 Å². The summed E-state index contributed by atoms with van der Waals surface area (Å²) in [5.41, 5.74) is 5.61. The highest BCUT2D eigenvalue weighted by Gasteiger charge is 2.59. The summed E-state index contributed by atoms with van der Waals surface area (Å²) in [6, 6.07) is 0. The fourth-order valence-corrected chi connectivity index (χ4v) is 11.8. The molecule has 23 N–H and O–H groups in total. The smallest absolute Gasteiger partial charge is 0.187 e. The Morgan fingerprint density at radius 3 is 0.628 bits per heavy atom. The Balaban J connectivity index is 1.08. The highest BCUT2D eigenvalue weighted by Crippen LogP contribution is 2.39. The Kier molecular flexibility index (Phi) is 26.1. The fourth-order valence-electron chi connectivity index (χ4n) is 11.8. The van der Waals surface area contributed by atoms with E-state index in [1.807, 2.05) is 0 Å². The van der Waals surface area contributed by atoms with Crippen molar-refractivity contribution in [1.29, 1.82) is 0 Å². The van der Waals surface area contributed by atoms with Crippen molar-refractivity contribution in [3.63, 3.8) is 0 Å². The minimum Gasteiger partial charge on any atom is -0.394 e. The third kappa shape index (κ3) is 15.3. The number of aliphatic hydroxyl groups excluding tert-OH is 20. The first-order valence-corrected chi connectivity index (χ1v) is 28.9. The summed E-state index contributed by atoms with van der Waals surface area (Å²) in [4.78, 5) is 0. The van der Waals surface area contributed by atoms with E-state index in [9.17, 15) is 102 Å². The first-order chi connectivity index (χ1) is 41.2. The van der Waals surface area contributed by atoms with Gasteiger partial charge in [0.15, 0.2) is 44.0 Å². The van der Waals surface area contributed by atoms with Crippen LogP contribution in [0.3, 0.4) is 0 Å². The molecule has 0 unspecified atom stereocenters. The van der Waals surface area contributed by atoms with Crippen molar-refractivity contribution in [2.24, 2.45) is 5.73 Å². The van der Waals surface area contributed by atoms with E-state index < -0.39 is 255 Å². The Labute approximate surface area is 491 Å². The molecule has 36 heteroatoms. The molecule has 0 aliphatic carbocycles. The summed E-state index contributed by atoms with van der Waals surface area (Å²) in [5, 5.41) is 227. The molecule has 0 spiro atoms. The molecule has 21 rings (SSSR count). The van der Waals surface area contributed by atoms with E-state index in [1.54, 1.807) is 0 Å². The van der Waals surface area contributed by atoms with Crippen molar-refractivity contribution >= 4 is 0 Å². The number of aliphatic hydroxyl groups is 20. The maximum absolute atomic E-state index is 11.8. The van der Waals surface area contributed by atoms with E-state index in [1.165, 1.54) is 0 Å². The predicted octanol–water partition coefficient (Wildman–Crippen LogP) is -13.3. The summed E-state index contributed by atoms with van der Waals surface area (Å²) in [6.07, 6.45) is -63.8. The van der Waals surface area contributed by atoms with Gasteiger partial charge in [0.2, 0.25) is 0 Å². The van der Waals surface area contributed by atoms with Crippen molar-refractivity contribution in [2.45, 2.75) is 253 Å². The van der Waals surface area contributed by atoms with E-state index in [0.717, 1.165) is 32.1 Å². The molecule has 21 heterocycles. The number of ether oxygens (including phenoxy) is 14. The average Bonchev–Trinajstić information content (AvgIpc) is 1.50. The van der Waals surface area contributed by atoms with Gasteiger partial charge in [0.1, 0.15) is 171 Å². The number of nitrogens with one attached hydrogen (secondary N) is 1. The van der Waals surface area contributed by atoms with Gasteiger partial charge in [-0.05, 0) is 25.9 Å². The maximum Gasteiger partial charge on any atom is 0.187 e. The quantitative estimate of drug-likeness (QED) is 0.0638. The molecule has 0 aromatic carbocycles. The zero-order valence-electron chi connectivity index (χ0n) is 46.6. The third-order valence-electron chi connectivity index (χ3n) is 16.8. The lowest BCUT2D eigenvalue weighted by molar-refractivity contribution is -0.396. The molecule has 0 aromatic rings. The van der Waals surface area contributed by atoms with Crippen LogP contribution in [0.2, 0.25) is 0 Å². The largest absolute Gasteiger partial charge is 0.394 e. The van der Waals surface area contributed by atoms with E-state index in [0.29, 0.717) is 19.5 Å². The maximum atomic E-state index is 11.8. The molecule has 0 saturated carbocycles. The van der Waals surface area contributed by atoms with Crippen molar-refractivity contribution in [3.8, 4) is 0 Å². The topological polar surface area (TPSA) is 572 Å². The molecule has 21 aliphatic heterocycles. The van der Waals surface area contributed by atoms with Crippen molar-refractivity contribution < 1.29 is 168 Å². The minimum atomic E-state index is -2.20. The second-order valence-electron chi connectivity index (χ2n) is 22.6. The van der Waals surface area contributed by atoms with Gasteiger partial charge in [-0.15, -0.1) is 0 Å². The monoisotopic (exact) mass is 1260 g/mol. The van der Waals surface area contributed by atoms with Gasteiger partial charge in [-0.1, -0.05) is 25.7 Å². The lowest BCUT2D eigenvalue weighted by Crippen LogP contribution is -2.68. The SMILES string of the molecule is NCCCCCCCCNC[C@H]1O[C@@H]2O[C@H]3[C@H](O)[C@@H](O)[C@@H](O[C@H]4[C@H](O)[C@@H](O)[C@@H](O[C@H]5[C@H](O)[C@@H](O)[C@@H](O[C@H]6[C@H](O)[C@@H](O)[C@@H](O[C@H]7[C@H](O)[C@@H](O)[C@@H](O[C@H]8[C@H](O)[C@@H](O)[C@@H](O[C@H]1[C@H](O)[C@H]2O)O[C@@H]8CO)O[C@@H]7CO)O[C@@H]6CO)O[C@@H]5CO)O[C@@H]4CO)O[C@@H]3CO. The Morgan fingerprint density at radius 2 is 0.419 bits per heavy atom. The summed E-state index contributed by atoms with van der Waals surface area (Å²) in [6.45, 7) is -5.42. The molecule has 0 amide bonds. The molecule has 35 atom stereocenters. The molecule has 21 aliphatic rings. The van der Waals surface area contributed by atoms with Gasteiger partial charge in [0, 0.05) is 6.54 Å². The van der Waals surface area contributed by atoms with Crippen LogP contribution in [-0.2, 0) is 66.3 Å². The van der Waals surface area contributed by atoms with E-state index in [4.69, 9.17) is 72.0 Å². The summed E-state index contributed by atoms with van der Waals surface area (Å²) in [5.74, 6) is 0. The first-order valence-electron chi connectivity index (χ1n) is 28.9. The number of unbranched alkanes of at least 4 members (excludes halogenated alkanes) is 5. The van der Waals surface area contributed by atoms with Crippen LogP contribution in [0.25, 0.3) is 0 Å². The second-order valence-corrected chi connectivity index (χ2v) is 22.6. The first kappa shape index (κ1) is 70.4. The molecule has 0 aromatic heterocycles. The van der Waals surface area contributed by atoms with Gasteiger partial charge < -0.3 is 179 Å². The van der Waals surface area contributed by atoms with Crippen LogP contribution in [0.15, 0.2) is 0 Å². The molecule has 86 heavy (non-hydrogen) atoms. The molecule has 0 radical (unpaired) electrons. The molecular weight excluding hydrogens is 1170 g/mol. The van der Waals surface area contributed by atoms with Crippen LogP contribution in [0.4, 0.5) is 0 Å². The average molecular weight is 1260 g/mol. The van der Waals surface area contributed by atoms with Crippen molar-refractivity contribution in [3.05, 3.63) is 0 Å². The van der Waals surface area contributed by atoms with Crippen LogP contribution < -0.4 is 11.1 Å². The molecule has 502 valence electrons. The lowest BCUT2D eigenvalue weighted by atomic mass is 9.95.